The summed E-state index contributed by atoms with van der Waals surface area (Å²) in [4.78, 5) is 12.6. The zero-order valence-corrected chi connectivity index (χ0v) is 6.44. The lowest BCUT2D eigenvalue weighted by Gasteiger charge is -1.68. The highest BCUT2D eigenvalue weighted by Gasteiger charge is 1.84. The van der Waals surface area contributed by atoms with Gasteiger partial charge < -0.3 is 9.40 Å². The molecule has 1 N–H and O–H groups in total. The molecule has 0 atom stereocenters. The molecule has 2 heterocycles. The highest BCUT2D eigenvalue weighted by Crippen LogP contribution is 1.92. The number of nitrogens with one attached hydrogen (secondary N) is 1. The molecule has 2 rings (SSSR count). The fourth-order valence-electron chi connectivity index (χ4n) is 0.636. The molecule has 0 saturated heterocycles. The maximum Gasteiger partial charge on any atom is 0.185 e. The number of carbonyl (C=O) groups is 1. The van der Waals surface area contributed by atoms with Gasteiger partial charge in [0.25, 0.3) is 0 Å². The third-order valence-electron chi connectivity index (χ3n) is 1.16. The van der Waals surface area contributed by atoms with Crippen molar-refractivity contribution in [1.29, 1.82) is 0 Å². The van der Waals surface area contributed by atoms with E-state index < -0.39 is 0 Å². The van der Waals surface area contributed by atoms with Crippen LogP contribution in [0.15, 0.2) is 47.3 Å². The first-order valence-corrected chi connectivity index (χ1v) is 3.50. The average Bonchev–Trinajstić information content (AvgIpc) is 2.81. The summed E-state index contributed by atoms with van der Waals surface area (Å²) in [6, 6.07) is 7.16. The van der Waals surface area contributed by atoms with Crippen LogP contribution in [0.25, 0.3) is 0 Å². The zero-order valence-electron chi connectivity index (χ0n) is 6.44. The summed E-state index contributed by atoms with van der Waals surface area (Å²) < 4.78 is 4.61. The van der Waals surface area contributed by atoms with Crippen molar-refractivity contribution < 1.29 is 9.21 Å². The lowest BCUT2D eigenvalue weighted by Crippen LogP contribution is -1.65. The van der Waals surface area contributed by atoms with Crippen molar-refractivity contribution in [3.8, 4) is 0 Å². The lowest BCUT2D eigenvalue weighted by molar-refractivity contribution is 0.110. The monoisotopic (exact) mass is 163 g/mol. The van der Waals surface area contributed by atoms with Crippen LogP contribution in [0.5, 0.6) is 0 Å². The number of hydrogen-bond acceptors (Lipinski definition) is 2. The van der Waals surface area contributed by atoms with E-state index in [1.165, 1.54) is 6.26 Å². The molecule has 3 heteroatoms. The van der Waals surface area contributed by atoms with E-state index in [9.17, 15) is 4.79 Å². The quantitative estimate of drug-likeness (QED) is 0.654. The zero-order chi connectivity index (χ0) is 8.65. The van der Waals surface area contributed by atoms with Crippen LogP contribution in [0.4, 0.5) is 0 Å². The largest absolute Gasteiger partial charge is 0.462 e. The van der Waals surface area contributed by atoms with Crippen molar-refractivity contribution in [2.45, 2.75) is 0 Å². The fourth-order valence-corrected chi connectivity index (χ4v) is 0.636. The fraction of sp³-hybridized carbons (Fsp3) is 0. The van der Waals surface area contributed by atoms with Gasteiger partial charge in [0.2, 0.25) is 0 Å². The van der Waals surface area contributed by atoms with E-state index in [0.717, 1.165) is 0 Å². The van der Waals surface area contributed by atoms with Crippen molar-refractivity contribution >= 4 is 6.29 Å². The van der Waals surface area contributed by atoms with Crippen molar-refractivity contribution in [2.24, 2.45) is 0 Å². The molecule has 0 bridgehead atoms. The summed E-state index contributed by atoms with van der Waals surface area (Å²) in [5.41, 5.74) is 0. The number of H-pyrrole nitrogens is 1. The first kappa shape index (κ1) is 8.33. The van der Waals surface area contributed by atoms with E-state index in [-0.39, 0.29) is 0 Å². The van der Waals surface area contributed by atoms with Crippen molar-refractivity contribution in [3.05, 3.63) is 48.7 Å². The van der Waals surface area contributed by atoms with Gasteiger partial charge in [0, 0.05) is 12.4 Å². The number of carbonyl (C=O) groups excluding carboxylic acids is 1. The van der Waals surface area contributed by atoms with Crippen molar-refractivity contribution in [1.82, 2.24) is 4.98 Å². The summed E-state index contributed by atoms with van der Waals surface area (Å²) in [6.07, 6.45) is 5.88. The molecule has 0 unspecified atom stereocenters. The third kappa shape index (κ3) is 2.88. The van der Waals surface area contributed by atoms with Gasteiger partial charge in [-0.2, -0.15) is 0 Å². The Hall–Kier alpha value is -1.77. The van der Waals surface area contributed by atoms with Gasteiger partial charge in [0.05, 0.1) is 6.26 Å². The van der Waals surface area contributed by atoms with E-state index >= 15 is 0 Å². The van der Waals surface area contributed by atoms with Crippen LogP contribution in [-0.2, 0) is 0 Å². The lowest BCUT2D eigenvalue weighted by atomic mass is 10.5. The molecule has 0 aliphatic carbocycles. The topological polar surface area (TPSA) is 46.0 Å². The number of aromatic nitrogens is 1. The number of aldehydes is 1. The highest BCUT2D eigenvalue weighted by molar-refractivity contribution is 5.69. The number of aromatic amines is 1. The first-order valence-electron chi connectivity index (χ1n) is 3.50. The first-order chi connectivity index (χ1) is 5.93. The van der Waals surface area contributed by atoms with E-state index in [1.807, 2.05) is 24.5 Å². The van der Waals surface area contributed by atoms with Gasteiger partial charge in [-0.1, -0.05) is 0 Å². The molecule has 2 aromatic heterocycles. The van der Waals surface area contributed by atoms with Gasteiger partial charge in [-0.15, -0.1) is 0 Å². The van der Waals surface area contributed by atoms with E-state index in [4.69, 9.17) is 0 Å². The molecule has 0 radical (unpaired) electrons. The molecule has 2 aromatic rings. The number of furan rings is 1. The van der Waals surface area contributed by atoms with Gasteiger partial charge in [-0.05, 0) is 24.3 Å². The summed E-state index contributed by atoms with van der Waals surface area (Å²) in [7, 11) is 0. The van der Waals surface area contributed by atoms with Gasteiger partial charge in [0.15, 0.2) is 12.0 Å². The second kappa shape index (κ2) is 4.96. The van der Waals surface area contributed by atoms with Crippen molar-refractivity contribution in [3.63, 3.8) is 0 Å². The number of rotatable bonds is 1. The van der Waals surface area contributed by atoms with Crippen LogP contribution in [0.3, 0.4) is 0 Å². The number of hydrogen-bond donors (Lipinski definition) is 1. The smallest absolute Gasteiger partial charge is 0.185 e. The molecule has 0 spiro atoms. The minimum Gasteiger partial charge on any atom is -0.462 e. The molecule has 0 saturated carbocycles. The minimum atomic E-state index is 0.375. The van der Waals surface area contributed by atoms with Gasteiger partial charge in [-0.25, -0.2) is 0 Å². The summed E-state index contributed by atoms with van der Waals surface area (Å²) in [5.74, 6) is 0.375. The molecule has 0 aliphatic heterocycles. The molecule has 0 aromatic carbocycles. The molecular formula is C9H9NO2. The third-order valence-corrected chi connectivity index (χ3v) is 1.16. The second-order valence-electron chi connectivity index (χ2n) is 2.02. The Kier molecular flexibility index (Phi) is 3.44. The predicted octanol–water partition coefficient (Wildman–Crippen LogP) is 2.11. The van der Waals surface area contributed by atoms with Crippen LogP contribution in [0, 0.1) is 0 Å². The predicted molar refractivity (Wildman–Crippen MR) is 44.9 cm³/mol. The van der Waals surface area contributed by atoms with Crippen molar-refractivity contribution in [2.75, 3.05) is 0 Å². The van der Waals surface area contributed by atoms with Gasteiger partial charge in [0.1, 0.15) is 0 Å². The minimum absolute atomic E-state index is 0.375. The standard InChI is InChI=1S/C5H4O2.C4H5N/c6-4-5-2-1-3-7-5;1-2-4-5-3-1/h1-4H;1-5H. The summed E-state index contributed by atoms with van der Waals surface area (Å²) in [5, 5.41) is 0. The second-order valence-corrected chi connectivity index (χ2v) is 2.02. The molecular weight excluding hydrogens is 154 g/mol. The molecule has 62 valence electrons. The Morgan fingerprint density at radius 2 is 2.00 bits per heavy atom. The molecule has 0 aliphatic rings. The molecule has 12 heavy (non-hydrogen) atoms. The summed E-state index contributed by atoms with van der Waals surface area (Å²) >= 11 is 0. The molecule has 0 fully saturated rings. The van der Waals surface area contributed by atoms with Gasteiger partial charge in [-0.3, -0.25) is 4.79 Å². The van der Waals surface area contributed by atoms with Gasteiger partial charge >= 0.3 is 0 Å². The Morgan fingerprint density at radius 1 is 1.25 bits per heavy atom. The maximum atomic E-state index is 9.77. The SMILES string of the molecule is O=Cc1ccco1.c1cc[nH]c1. The normalized spacial score (nSPS) is 8.33. The van der Waals surface area contributed by atoms with Crippen LogP contribution in [-0.4, -0.2) is 11.3 Å². The van der Waals surface area contributed by atoms with Crippen LogP contribution < -0.4 is 0 Å². The summed E-state index contributed by atoms with van der Waals surface area (Å²) in [6.45, 7) is 0. The molecule has 0 amide bonds. The Balaban J connectivity index is 0.000000127. The van der Waals surface area contributed by atoms with E-state index in [0.29, 0.717) is 12.0 Å². The van der Waals surface area contributed by atoms with Crippen LogP contribution >= 0.6 is 0 Å². The maximum absolute atomic E-state index is 9.77. The van der Waals surface area contributed by atoms with Crippen LogP contribution in [0.1, 0.15) is 10.6 Å². The molecule has 3 nitrogen and oxygen atoms in total. The average molecular weight is 163 g/mol. The van der Waals surface area contributed by atoms with E-state index in [2.05, 4.69) is 9.40 Å². The Bertz CT molecular complexity index is 267. The highest BCUT2D eigenvalue weighted by atomic mass is 16.3. The van der Waals surface area contributed by atoms with Crippen LogP contribution in [0.2, 0.25) is 0 Å². The van der Waals surface area contributed by atoms with E-state index in [1.54, 1.807) is 12.1 Å². The Labute approximate surface area is 70.0 Å². The Morgan fingerprint density at radius 3 is 2.25 bits per heavy atom.